The average Bonchev–Trinajstić information content (AvgIpc) is 2.59. The number of nitrogens with one attached hydrogen (secondary N) is 1. The Bertz CT molecular complexity index is 500. The zero-order valence-electron chi connectivity index (χ0n) is 14.0. The number of rotatable bonds is 3. The highest BCUT2D eigenvalue weighted by atomic mass is 32.2. The normalized spacial score (nSPS) is 17.6. The number of ether oxygens (including phenoxy) is 1. The van der Waals surface area contributed by atoms with E-state index in [1.807, 2.05) is 6.26 Å². The van der Waals surface area contributed by atoms with Crippen LogP contribution in [-0.2, 0) is 9.53 Å². The third-order valence-electron chi connectivity index (χ3n) is 2.96. The van der Waals surface area contributed by atoms with Crippen LogP contribution in [0.4, 0.5) is 5.69 Å². The molecule has 2 rings (SSSR count). The Morgan fingerprint density at radius 2 is 1.88 bits per heavy atom. The summed E-state index contributed by atoms with van der Waals surface area (Å²) in [7, 11) is 1.00. The molecule has 0 saturated carbocycles. The molecule has 1 aromatic rings. The quantitative estimate of drug-likeness (QED) is 0.305. The number of aliphatic hydroxyl groups excluding tert-OH is 1. The van der Waals surface area contributed by atoms with Gasteiger partial charge in [-0.25, -0.2) is 0 Å². The molecule has 1 aliphatic rings. The molecule has 1 aromatic carbocycles. The van der Waals surface area contributed by atoms with Gasteiger partial charge in [0, 0.05) is 37.7 Å². The molecule has 0 aliphatic carbocycles. The number of thiol groups is 1. The van der Waals surface area contributed by atoms with E-state index in [-0.39, 0.29) is 37.9 Å². The van der Waals surface area contributed by atoms with Gasteiger partial charge in [-0.3, -0.25) is 14.9 Å². The lowest BCUT2D eigenvalue weighted by atomic mass is 10.1. The molecule has 2 unspecified atom stereocenters. The first-order valence-electron chi connectivity index (χ1n) is 7.24. The summed E-state index contributed by atoms with van der Waals surface area (Å²) in [5.74, 6) is -0.0143. The average molecular weight is 409 g/mol. The fourth-order valence-electron chi connectivity index (χ4n) is 1.87. The Labute approximate surface area is 166 Å². The van der Waals surface area contributed by atoms with E-state index in [2.05, 4.69) is 17.9 Å². The highest BCUT2D eigenvalue weighted by Crippen LogP contribution is 2.18. The molecule has 1 heterocycles. The van der Waals surface area contributed by atoms with E-state index in [1.54, 1.807) is 23.9 Å². The molecule has 0 spiro atoms. The Hall–Kier alpha value is -1.29. The standard InChI is InChI=1S/C7H7NO2S.C7H13NO2S.CH4O.2CH4/c1-11-7-4-2-6(3-5-7)8(9)10;1-5(9)8-6-3-2-4-10-7(6)11;1-2;;/h2-5H,1H3;6-7,11H,2-4H2,1H3,(H,8,9);2H,1H3;2*1H4. The second-order valence-corrected chi connectivity index (χ2v) is 6.05. The number of hydrogen-bond donors (Lipinski definition) is 3. The maximum absolute atomic E-state index is 10.7. The molecule has 1 amide bonds. The number of aliphatic hydroxyl groups is 1. The SMILES string of the molecule is C.C.CC(=O)NC1CCCOC1S.CO.CSc1ccc([N+](=O)[O-])cc1. The van der Waals surface area contributed by atoms with Crippen LogP contribution in [-0.4, -0.2) is 47.4 Å². The minimum atomic E-state index is -0.399. The molecular formula is C17H32N2O5S2. The first-order valence-corrected chi connectivity index (χ1v) is 8.98. The number of thioether (sulfide) groups is 1. The van der Waals surface area contributed by atoms with Gasteiger partial charge in [0.1, 0.15) is 5.44 Å². The molecule has 0 aromatic heterocycles. The van der Waals surface area contributed by atoms with Gasteiger partial charge in [0.05, 0.1) is 11.0 Å². The predicted molar refractivity (Wildman–Crippen MR) is 112 cm³/mol. The molecule has 9 heteroatoms. The van der Waals surface area contributed by atoms with E-state index in [9.17, 15) is 14.9 Å². The topological polar surface area (TPSA) is 102 Å². The predicted octanol–water partition coefficient (Wildman–Crippen LogP) is 3.75. The van der Waals surface area contributed by atoms with Crippen LogP contribution < -0.4 is 5.32 Å². The first kappa shape index (κ1) is 29.5. The smallest absolute Gasteiger partial charge is 0.269 e. The minimum Gasteiger partial charge on any atom is -0.400 e. The summed E-state index contributed by atoms with van der Waals surface area (Å²) < 4.78 is 5.24. The number of nitro groups is 1. The van der Waals surface area contributed by atoms with Crippen LogP contribution in [0.25, 0.3) is 0 Å². The molecule has 2 N–H and O–H groups in total. The highest BCUT2D eigenvalue weighted by molar-refractivity contribution is 7.98. The van der Waals surface area contributed by atoms with Gasteiger partial charge in [0.15, 0.2) is 0 Å². The fourth-order valence-corrected chi connectivity index (χ4v) is 2.61. The molecule has 152 valence electrons. The van der Waals surface area contributed by atoms with E-state index in [0.29, 0.717) is 0 Å². The van der Waals surface area contributed by atoms with Gasteiger partial charge in [-0.15, -0.1) is 24.4 Å². The van der Waals surface area contributed by atoms with Crippen molar-refractivity contribution in [3.63, 3.8) is 0 Å². The van der Waals surface area contributed by atoms with Crippen molar-refractivity contribution in [2.24, 2.45) is 0 Å². The Balaban J connectivity index is -0.000000347. The number of hydrogen-bond acceptors (Lipinski definition) is 7. The largest absolute Gasteiger partial charge is 0.400 e. The van der Waals surface area contributed by atoms with Crippen molar-refractivity contribution in [3.8, 4) is 0 Å². The third-order valence-corrected chi connectivity index (χ3v) is 4.22. The highest BCUT2D eigenvalue weighted by Gasteiger charge is 2.22. The van der Waals surface area contributed by atoms with Crippen LogP contribution in [0.3, 0.4) is 0 Å². The molecule has 7 nitrogen and oxygen atoms in total. The second-order valence-electron chi connectivity index (χ2n) is 4.67. The molecule has 0 radical (unpaired) electrons. The number of nitrogens with zero attached hydrogens (tertiary/aromatic N) is 1. The first-order chi connectivity index (χ1) is 11.4. The van der Waals surface area contributed by atoms with Gasteiger partial charge in [0.25, 0.3) is 5.69 Å². The molecule has 26 heavy (non-hydrogen) atoms. The van der Waals surface area contributed by atoms with Crippen LogP contribution in [0, 0.1) is 10.1 Å². The van der Waals surface area contributed by atoms with Crippen LogP contribution >= 0.6 is 24.4 Å². The summed E-state index contributed by atoms with van der Waals surface area (Å²) in [5, 5.41) is 20.0. The van der Waals surface area contributed by atoms with Crippen molar-refractivity contribution in [2.45, 2.75) is 51.0 Å². The van der Waals surface area contributed by atoms with Crippen LogP contribution in [0.1, 0.15) is 34.6 Å². The molecule has 1 fully saturated rings. The van der Waals surface area contributed by atoms with Crippen molar-refractivity contribution < 1.29 is 19.6 Å². The summed E-state index contributed by atoms with van der Waals surface area (Å²) in [6, 6.07) is 6.58. The minimum absolute atomic E-state index is 0. The van der Waals surface area contributed by atoms with Gasteiger partial charge in [-0.2, -0.15) is 0 Å². The Morgan fingerprint density at radius 3 is 2.27 bits per heavy atom. The van der Waals surface area contributed by atoms with E-state index < -0.39 is 4.92 Å². The van der Waals surface area contributed by atoms with Crippen LogP contribution in [0.2, 0.25) is 0 Å². The lowest BCUT2D eigenvalue weighted by Gasteiger charge is -2.28. The third kappa shape index (κ3) is 12.1. The number of nitro benzene ring substituents is 1. The summed E-state index contributed by atoms with van der Waals surface area (Å²) in [5.41, 5.74) is 0.00968. The van der Waals surface area contributed by atoms with Crippen LogP contribution in [0.15, 0.2) is 29.2 Å². The molecule has 1 saturated heterocycles. The number of non-ortho nitro benzene ring substituents is 1. The van der Waals surface area contributed by atoms with Gasteiger partial charge in [0.2, 0.25) is 5.91 Å². The number of carbonyl (C=O) groups excluding carboxylic acids is 1. The maximum Gasteiger partial charge on any atom is 0.269 e. The Kier molecular flexibility index (Phi) is 19.4. The van der Waals surface area contributed by atoms with Gasteiger partial charge >= 0.3 is 0 Å². The second kappa shape index (κ2) is 17.1. The van der Waals surface area contributed by atoms with Crippen molar-refractivity contribution in [1.29, 1.82) is 0 Å². The number of carbonyl (C=O) groups is 1. The zero-order chi connectivity index (χ0) is 18.5. The summed E-state index contributed by atoms with van der Waals surface area (Å²) >= 11 is 5.76. The summed E-state index contributed by atoms with van der Waals surface area (Å²) in [4.78, 5) is 21.5. The lowest BCUT2D eigenvalue weighted by molar-refractivity contribution is -0.384. The van der Waals surface area contributed by atoms with Crippen molar-refractivity contribution >= 4 is 36.0 Å². The van der Waals surface area contributed by atoms with Crippen molar-refractivity contribution in [3.05, 3.63) is 34.4 Å². The van der Waals surface area contributed by atoms with E-state index in [4.69, 9.17) is 9.84 Å². The fraction of sp³-hybridized carbons (Fsp3) is 0.588. The van der Waals surface area contributed by atoms with Gasteiger partial charge < -0.3 is 15.2 Å². The van der Waals surface area contributed by atoms with E-state index in [0.717, 1.165) is 31.5 Å². The Morgan fingerprint density at radius 1 is 1.35 bits per heavy atom. The van der Waals surface area contributed by atoms with Crippen molar-refractivity contribution in [1.82, 2.24) is 5.32 Å². The van der Waals surface area contributed by atoms with Crippen LogP contribution in [0.5, 0.6) is 0 Å². The van der Waals surface area contributed by atoms with Gasteiger partial charge in [-0.1, -0.05) is 14.9 Å². The summed E-state index contributed by atoms with van der Waals surface area (Å²) in [6.45, 7) is 2.26. The monoisotopic (exact) mass is 408 g/mol. The number of benzene rings is 1. The maximum atomic E-state index is 10.7. The lowest BCUT2D eigenvalue weighted by Crippen LogP contribution is -2.43. The zero-order valence-corrected chi connectivity index (χ0v) is 15.7. The molecule has 0 bridgehead atoms. The molecular weight excluding hydrogens is 376 g/mol. The van der Waals surface area contributed by atoms with Gasteiger partial charge in [-0.05, 0) is 31.2 Å². The molecule has 1 aliphatic heterocycles. The van der Waals surface area contributed by atoms with Crippen molar-refractivity contribution in [2.75, 3.05) is 20.0 Å². The number of amides is 1. The van der Waals surface area contributed by atoms with E-state index in [1.165, 1.54) is 19.1 Å². The molecule has 2 atom stereocenters. The summed E-state index contributed by atoms with van der Waals surface area (Å²) in [6.07, 6.45) is 3.90. The van der Waals surface area contributed by atoms with E-state index >= 15 is 0 Å².